The Labute approximate surface area is 183 Å². The van der Waals surface area contributed by atoms with Gasteiger partial charge >= 0.3 is 0 Å². The summed E-state index contributed by atoms with van der Waals surface area (Å²) in [5, 5.41) is 1.67. The molecule has 4 rings (SSSR count). The minimum Gasteiger partial charge on any atom is -0.319 e. The first-order valence-corrected chi connectivity index (χ1v) is 11.0. The van der Waals surface area contributed by atoms with Crippen LogP contribution in [0.5, 0.6) is 0 Å². The van der Waals surface area contributed by atoms with Gasteiger partial charge in [0.2, 0.25) is 0 Å². The molecule has 0 aliphatic rings. The fourth-order valence-corrected chi connectivity index (χ4v) is 4.38. The van der Waals surface area contributed by atoms with Crippen LogP contribution < -0.4 is 0 Å². The normalized spacial score (nSPS) is 11.1. The minimum atomic E-state index is -0.00441. The maximum Gasteiger partial charge on any atom is 0.173 e. The lowest BCUT2D eigenvalue weighted by atomic mass is 10.1. The SMILES string of the molecule is O=C(CSc1nc2ccccc2n1CCc1ccccc1)c1ccc(Cl)c(Cl)c1. The molecule has 3 nitrogen and oxygen atoms in total. The molecule has 0 amide bonds. The molecule has 0 spiro atoms. The molecule has 0 N–H and O–H groups in total. The molecule has 0 bridgehead atoms. The molecule has 0 unspecified atom stereocenters. The van der Waals surface area contributed by atoms with E-state index in [1.165, 1.54) is 17.3 Å². The molecule has 1 heterocycles. The molecule has 0 atom stereocenters. The van der Waals surface area contributed by atoms with Crippen LogP contribution >= 0.6 is 35.0 Å². The van der Waals surface area contributed by atoms with Gasteiger partial charge in [0.1, 0.15) is 0 Å². The van der Waals surface area contributed by atoms with Gasteiger partial charge in [0.05, 0.1) is 26.8 Å². The molecule has 4 aromatic rings. The number of rotatable bonds is 7. The number of Topliss-reactive ketones (excluding diaryl/α,β-unsaturated/α-hetero) is 1. The highest BCUT2D eigenvalue weighted by Gasteiger charge is 2.14. The molecule has 0 aliphatic carbocycles. The Morgan fingerprint density at radius 1 is 0.931 bits per heavy atom. The van der Waals surface area contributed by atoms with E-state index in [0.717, 1.165) is 29.2 Å². The van der Waals surface area contributed by atoms with Crippen molar-refractivity contribution in [1.82, 2.24) is 9.55 Å². The minimum absolute atomic E-state index is 0.00441. The number of halogens is 2. The van der Waals surface area contributed by atoms with Gasteiger partial charge in [-0.05, 0) is 42.3 Å². The van der Waals surface area contributed by atoms with E-state index in [4.69, 9.17) is 28.2 Å². The molecule has 0 radical (unpaired) electrons. The average Bonchev–Trinajstić information content (AvgIpc) is 3.10. The van der Waals surface area contributed by atoms with Gasteiger partial charge in [0, 0.05) is 12.1 Å². The van der Waals surface area contributed by atoms with E-state index in [-0.39, 0.29) is 11.5 Å². The first-order valence-electron chi connectivity index (χ1n) is 9.22. The second-order valence-electron chi connectivity index (χ2n) is 6.61. The molecule has 29 heavy (non-hydrogen) atoms. The Morgan fingerprint density at radius 3 is 2.48 bits per heavy atom. The lowest BCUT2D eigenvalue weighted by molar-refractivity contribution is 0.102. The van der Waals surface area contributed by atoms with Crippen LogP contribution in [0, 0.1) is 0 Å². The van der Waals surface area contributed by atoms with Crippen LogP contribution in [0.25, 0.3) is 11.0 Å². The molecule has 146 valence electrons. The number of fused-ring (bicyclic) bond motifs is 1. The first-order chi connectivity index (χ1) is 14.1. The van der Waals surface area contributed by atoms with Crippen molar-refractivity contribution in [2.45, 2.75) is 18.1 Å². The third kappa shape index (κ3) is 4.67. The van der Waals surface area contributed by atoms with Gasteiger partial charge in [-0.3, -0.25) is 4.79 Å². The summed E-state index contributed by atoms with van der Waals surface area (Å²) < 4.78 is 2.19. The van der Waals surface area contributed by atoms with Gasteiger partial charge in [0.15, 0.2) is 10.9 Å². The summed E-state index contributed by atoms with van der Waals surface area (Å²) in [6.07, 6.45) is 0.898. The van der Waals surface area contributed by atoms with E-state index in [1.807, 2.05) is 36.4 Å². The maximum absolute atomic E-state index is 12.6. The van der Waals surface area contributed by atoms with Crippen molar-refractivity contribution in [2.75, 3.05) is 5.75 Å². The summed E-state index contributed by atoms with van der Waals surface area (Å²) in [5.74, 6) is 0.280. The predicted octanol–water partition coefficient (Wildman–Crippen LogP) is 6.56. The quantitative estimate of drug-likeness (QED) is 0.241. The van der Waals surface area contributed by atoms with Gasteiger partial charge < -0.3 is 4.57 Å². The number of aromatic nitrogens is 2. The van der Waals surface area contributed by atoms with Crippen molar-refractivity contribution in [1.29, 1.82) is 0 Å². The van der Waals surface area contributed by atoms with E-state index in [9.17, 15) is 4.79 Å². The standard InChI is InChI=1S/C23H18Cl2N2OS/c24-18-11-10-17(14-19(18)25)22(28)15-29-23-26-20-8-4-5-9-21(20)27(23)13-12-16-6-2-1-3-7-16/h1-11,14H,12-13,15H2. The van der Waals surface area contributed by atoms with Gasteiger partial charge in [-0.15, -0.1) is 0 Å². The Morgan fingerprint density at radius 2 is 1.69 bits per heavy atom. The van der Waals surface area contributed by atoms with Crippen LogP contribution in [0.4, 0.5) is 0 Å². The van der Waals surface area contributed by atoms with E-state index in [2.05, 4.69) is 22.8 Å². The molecule has 6 heteroatoms. The fraction of sp³-hybridized carbons (Fsp3) is 0.130. The van der Waals surface area contributed by atoms with E-state index in [0.29, 0.717) is 15.6 Å². The van der Waals surface area contributed by atoms with Crippen LogP contribution in [-0.4, -0.2) is 21.1 Å². The number of nitrogens with zero attached hydrogens (tertiary/aromatic N) is 2. The third-order valence-corrected chi connectivity index (χ3v) is 6.38. The summed E-state index contributed by atoms with van der Waals surface area (Å²) in [5.41, 5.74) is 3.84. The Balaban J connectivity index is 1.54. The lowest BCUT2D eigenvalue weighted by Crippen LogP contribution is -2.06. The average molecular weight is 441 g/mol. The second-order valence-corrected chi connectivity index (χ2v) is 8.37. The van der Waals surface area contributed by atoms with E-state index < -0.39 is 0 Å². The highest BCUT2D eigenvalue weighted by molar-refractivity contribution is 7.99. The summed E-state index contributed by atoms with van der Waals surface area (Å²) in [7, 11) is 0. The summed E-state index contributed by atoms with van der Waals surface area (Å²) in [6, 6.07) is 23.4. The van der Waals surface area contributed by atoms with Gasteiger partial charge in [-0.25, -0.2) is 4.98 Å². The van der Waals surface area contributed by atoms with Crippen LogP contribution in [-0.2, 0) is 13.0 Å². The fourth-order valence-electron chi connectivity index (χ4n) is 3.15. The zero-order chi connectivity index (χ0) is 20.2. The number of imidazole rings is 1. The number of thioether (sulfide) groups is 1. The van der Waals surface area contributed by atoms with Gasteiger partial charge in [-0.1, -0.05) is 77.4 Å². The number of ketones is 1. The summed E-state index contributed by atoms with van der Waals surface area (Å²) >= 11 is 13.4. The van der Waals surface area contributed by atoms with Crippen molar-refractivity contribution in [3.05, 3.63) is 94.0 Å². The highest BCUT2D eigenvalue weighted by atomic mass is 35.5. The van der Waals surface area contributed by atoms with E-state index in [1.54, 1.807) is 18.2 Å². The van der Waals surface area contributed by atoms with Crippen molar-refractivity contribution in [3.63, 3.8) is 0 Å². The van der Waals surface area contributed by atoms with Gasteiger partial charge in [0.25, 0.3) is 0 Å². The van der Waals surface area contributed by atoms with Gasteiger partial charge in [-0.2, -0.15) is 0 Å². The van der Waals surface area contributed by atoms with Crippen molar-refractivity contribution in [3.8, 4) is 0 Å². The van der Waals surface area contributed by atoms with Crippen LogP contribution in [0.1, 0.15) is 15.9 Å². The Bertz CT molecular complexity index is 1160. The molecule has 0 saturated carbocycles. The van der Waals surface area contributed by atoms with E-state index >= 15 is 0 Å². The van der Waals surface area contributed by atoms with Crippen LogP contribution in [0.15, 0.2) is 78.0 Å². The first kappa shape index (κ1) is 20.0. The summed E-state index contributed by atoms with van der Waals surface area (Å²) in [4.78, 5) is 17.4. The monoisotopic (exact) mass is 440 g/mol. The number of aryl methyl sites for hydroxylation is 2. The molecule has 1 aromatic heterocycles. The number of hydrogen-bond acceptors (Lipinski definition) is 3. The number of carbonyl (C=O) groups is 1. The molecule has 0 fully saturated rings. The summed E-state index contributed by atoms with van der Waals surface area (Å²) in [6.45, 7) is 0.799. The largest absolute Gasteiger partial charge is 0.319 e. The molecule has 0 aliphatic heterocycles. The van der Waals surface area contributed by atoms with Crippen LogP contribution in [0.2, 0.25) is 10.0 Å². The maximum atomic E-state index is 12.6. The number of para-hydroxylation sites is 2. The smallest absolute Gasteiger partial charge is 0.173 e. The topological polar surface area (TPSA) is 34.9 Å². The zero-order valence-corrected chi connectivity index (χ0v) is 17.8. The molecule has 0 saturated heterocycles. The third-order valence-electron chi connectivity index (χ3n) is 4.66. The zero-order valence-electron chi connectivity index (χ0n) is 15.5. The highest BCUT2D eigenvalue weighted by Crippen LogP contribution is 2.27. The predicted molar refractivity (Wildman–Crippen MR) is 121 cm³/mol. The van der Waals surface area contributed by atoms with Crippen molar-refractivity contribution >= 4 is 51.8 Å². The van der Waals surface area contributed by atoms with Crippen molar-refractivity contribution < 1.29 is 4.79 Å². The number of benzene rings is 3. The lowest BCUT2D eigenvalue weighted by Gasteiger charge is -2.09. The van der Waals surface area contributed by atoms with Crippen molar-refractivity contribution in [2.24, 2.45) is 0 Å². The second kappa shape index (κ2) is 9.04. The number of hydrogen-bond donors (Lipinski definition) is 0. The Kier molecular flexibility index (Phi) is 6.24. The molecular formula is C23H18Cl2N2OS. The van der Waals surface area contributed by atoms with Crippen LogP contribution in [0.3, 0.4) is 0 Å². The molecule has 3 aromatic carbocycles. The Hall–Kier alpha value is -2.27. The molecular weight excluding hydrogens is 423 g/mol. The number of carbonyl (C=O) groups excluding carboxylic acids is 1.